The highest BCUT2D eigenvalue weighted by Crippen LogP contribution is 2.27. The van der Waals surface area contributed by atoms with Gasteiger partial charge in [-0.15, -0.1) is 16.8 Å². The van der Waals surface area contributed by atoms with Gasteiger partial charge < -0.3 is 5.32 Å². The number of rotatable bonds is 9. The van der Waals surface area contributed by atoms with Gasteiger partial charge in [0.1, 0.15) is 0 Å². The number of nitrogens with one attached hydrogen (secondary N) is 1. The molecule has 0 aliphatic heterocycles. The van der Waals surface area contributed by atoms with Gasteiger partial charge in [-0.3, -0.25) is 9.36 Å². The summed E-state index contributed by atoms with van der Waals surface area (Å²) in [6.07, 6.45) is 2.77. The molecule has 0 spiro atoms. The van der Waals surface area contributed by atoms with Gasteiger partial charge >= 0.3 is 0 Å². The number of aromatic nitrogens is 3. The van der Waals surface area contributed by atoms with Gasteiger partial charge in [-0.1, -0.05) is 66.7 Å². The summed E-state index contributed by atoms with van der Waals surface area (Å²) in [4.78, 5) is 12.2. The fraction of sp³-hybridized carbons (Fsp3) is 0.292. The molecule has 0 bridgehead atoms. The van der Waals surface area contributed by atoms with Crippen molar-refractivity contribution in [2.45, 2.75) is 50.7 Å². The lowest BCUT2D eigenvalue weighted by Crippen LogP contribution is -2.31. The molecule has 0 saturated carbocycles. The van der Waals surface area contributed by atoms with Crippen molar-refractivity contribution in [1.82, 2.24) is 20.1 Å². The topological polar surface area (TPSA) is 59.8 Å². The number of amides is 1. The molecule has 3 aromatic rings. The molecule has 1 unspecified atom stereocenters. The van der Waals surface area contributed by atoms with Crippen LogP contribution in [0.25, 0.3) is 11.4 Å². The smallest absolute Gasteiger partial charge is 0.251 e. The van der Waals surface area contributed by atoms with Crippen LogP contribution in [0.4, 0.5) is 0 Å². The highest BCUT2D eigenvalue weighted by molar-refractivity contribution is 7.98. The fourth-order valence-corrected chi connectivity index (χ4v) is 3.82. The van der Waals surface area contributed by atoms with Crippen LogP contribution in [0.1, 0.15) is 41.8 Å². The van der Waals surface area contributed by atoms with Crippen LogP contribution < -0.4 is 5.32 Å². The maximum Gasteiger partial charge on any atom is 0.251 e. The van der Waals surface area contributed by atoms with E-state index in [0.29, 0.717) is 12.1 Å². The maximum atomic E-state index is 12.2. The standard InChI is InChI=1S/C24H28N4OS/c1-5-15-28-22(20-11-7-17(3)8-12-20)26-27-24(28)30-16-19-9-13-21(14-10-19)23(29)25-18(4)6-2/h5,7-14,18H,1,6,15-16H2,2-4H3,(H,25,29). The highest BCUT2D eigenvalue weighted by atomic mass is 32.2. The summed E-state index contributed by atoms with van der Waals surface area (Å²) < 4.78 is 2.08. The van der Waals surface area contributed by atoms with Crippen LogP contribution in [0.2, 0.25) is 0 Å². The zero-order chi connectivity index (χ0) is 21.5. The molecule has 30 heavy (non-hydrogen) atoms. The molecule has 1 aromatic heterocycles. The lowest BCUT2D eigenvalue weighted by atomic mass is 10.1. The minimum atomic E-state index is -0.0305. The van der Waals surface area contributed by atoms with Gasteiger partial charge in [0.15, 0.2) is 11.0 Å². The normalized spacial score (nSPS) is 11.8. The highest BCUT2D eigenvalue weighted by Gasteiger charge is 2.14. The second-order valence-corrected chi connectivity index (χ2v) is 8.28. The molecule has 1 amide bonds. The van der Waals surface area contributed by atoms with E-state index in [1.165, 1.54) is 5.56 Å². The van der Waals surface area contributed by atoms with Crippen molar-refractivity contribution in [2.24, 2.45) is 0 Å². The lowest BCUT2D eigenvalue weighted by molar-refractivity contribution is 0.0939. The number of hydrogen-bond donors (Lipinski definition) is 1. The quantitative estimate of drug-likeness (QED) is 0.379. The molecule has 1 heterocycles. The van der Waals surface area contributed by atoms with E-state index in [2.05, 4.69) is 64.8 Å². The number of carbonyl (C=O) groups is 1. The Morgan fingerprint density at radius 2 is 1.87 bits per heavy atom. The first kappa shape index (κ1) is 21.8. The van der Waals surface area contributed by atoms with Crippen LogP contribution in [0.15, 0.2) is 66.3 Å². The first-order chi connectivity index (χ1) is 14.5. The van der Waals surface area contributed by atoms with E-state index < -0.39 is 0 Å². The molecule has 6 heteroatoms. The van der Waals surface area contributed by atoms with Crippen molar-refractivity contribution in [3.8, 4) is 11.4 Å². The van der Waals surface area contributed by atoms with E-state index in [1.54, 1.807) is 11.8 Å². The molecule has 1 N–H and O–H groups in total. The molecule has 0 fully saturated rings. The molecular formula is C24H28N4OS. The predicted molar refractivity (Wildman–Crippen MR) is 124 cm³/mol. The van der Waals surface area contributed by atoms with Crippen LogP contribution in [0.5, 0.6) is 0 Å². The minimum absolute atomic E-state index is 0.0305. The van der Waals surface area contributed by atoms with Crippen molar-refractivity contribution >= 4 is 17.7 Å². The fourth-order valence-electron chi connectivity index (χ4n) is 2.91. The van der Waals surface area contributed by atoms with Crippen LogP contribution >= 0.6 is 11.8 Å². The Kier molecular flexibility index (Phi) is 7.46. The summed E-state index contributed by atoms with van der Waals surface area (Å²) in [6, 6.07) is 16.2. The zero-order valence-corrected chi connectivity index (χ0v) is 18.6. The molecule has 3 rings (SSSR count). The number of thioether (sulfide) groups is 1. The third-order valence-corrected chi connectivity index (χ3v) is 5.95. The van der Waals surface area contributed by atoms with Crippen LogP contribution in [-0.4, -0.2) is 26.7 Å². The first-order valence-corrected chi connectivity index (χ1v) is 11.1. The van der Waals surface area contributed by atoms with Gasteiger partial charge in [0.25, 0.3) is 5.91 Å². The summed E-state index contributed by atoms with van der Waals surface area (Å²) >= 11 is 1.63. The van der Waals surface area contributed by atoms with E-state index in [4.69, 9.17) is 0 Å². The molecular weight excluding hydrogens is 392 g/mol. The predicted octanol–water partition coefficient (Wildman–Crippen LogP) is 5.26. The monoisotopic (exact) mass is 420 g/mol. The van der Waals surface area contributed by atoms with E-state index in [1.807, 2.05) is 37.3 Å². The maximum absolute atomic E-state index is 12.2. The van der Waals surface area contributed by atoms with Gasteiger partial charge in [0, 0.05) is 29.5 Å². The average Bonchev–Trinajstić information content (AvgIpc) is 3.16. The number of allylic oxidation sites excluding steroid dienone is 1. The summed E-state index contributed by atoms with van der Waals surface area (Å²) in [7, 11) is 0. The van der Waals surface area contributed by atoms with E-state index in [-0.39, 0.29) is 11.9 Å². The van der Waals surface area contributed by atoms with Gasteiger partial charge in [0.2, 0.25) is 0 Å². The number of nitrogens with zero attached hydrogens (tertiary/aromatic N) is 3. The SMILES string of the molecule is C=CCn1c(SCc2ccc(C(=O)NC(C)CC)cc2)nnc1-c1ccc(C)cc1. The van der Waals surface area contributed by atoms with Crippen molar-refractivity contribution in [2.75, 3.05) is 0 Å². The number of aryl methyl sites for hydroxylation is 1. The molecule has 0 aliphatic rings. The van der Waals surface area contributed by atoms with Crippen molar-refractivity contribution in [3.63, 3.8) is 0 Å². The molecule has 1 atom stereocenters. The third-order valence-electron chi connectivity index (χ3n) is 4.91. The first-order valence-electron chi connectivity index (χ1n) is 10.2. The minimum Gasteiger partial charge on any atom is -0.350 e. The van der Waals surface area contributed by atoms with Crippen LogP contribution in [-0.2, 0) is 12.3 Å². The Morgan fingerprint density at radius 3 is 2.50 bits per heavy atom. The van der Waals surface area contributed by atoms with Crippen LogP contribution in [0.3, 0.4) is 0 Å². The van der Waals surface area contributed by atoms with Gasteiger partial charge in [0.05, 0.1) is 0 Å². The van der Waals surface area contributed by atoms with Crippen molar-refractivity contribution in [1.29, 1.82) is 0 Å². The number of carbonyl (C=O) groups excluding carboxylic acids is 1. The number of benzene rings is 2. The Hall–Kier alpha value is -2.86. The molecule has 156 valence electrons. The number of hydrogen-bond acceptors (Lipinski definition) is 4. The summed E-state index contributed by atoms with van der Waals surface area (Å²) in [5, 5.41) is 12.7. The largest absolute Gasteiger partial charge is 0.350 e. The molecule has 5 nitrogen and oxygen atoms in total. The Bertz CT molecular complexity index is 993. The van der Waals surface area contributed by atoms with Crippen LogP contribution in [0, 0.1) is 6.92 Å². The Balaban J connectivity index is 1.70. The Morgan fingerprint density at radius 1 is 1.17 bits per heavy atom. The van der Waals surface area contributed by atoms with E-state index in [0.717, 1.165) is 34.3 Å². The molecule has 0 saturated heterocycles. The van der Waals surface area contributed by atoms with Gasteiger partial charge in [-0.05, 0) is 38.0 Å². The second-order valence-electron chi connectivity index (χ2n) is 7.34. The van der Waals surface area contributed by atoms with Crippen molar-refractivity contribution < 1.29 is 4.79 Å². The summed E-state index contributed by atoms with van der Waals surface area (Å²) in [5.74, 6) is 1.56. The van der Waals surface area contributed by atoms with Gasteiger partial charge in [-0.2, -0.15) is 0 Å². The molecule has 0 radical (unpaired) electrons. The van der Waals surface area contributed by atoms with Crippen molar-refractivity contribution in [3.05, 3.63) is 77.9 Å². The average molecular weight is 421 g/mol. The Labute approximate surface area is 182 Å². The molecule has 0 aliphatic carbocycles. The van der Waals surface area contributed by atoms with Gasteiger partial charge in [-0.25, -0.2) is 0 Å². The van der Waals surface area contributed by atoms with E-state index in [9.17, 15) is 4.79 Å². The third kappa shape index (κ3) is 5.39. The summed E-state index contributed by atoms with van der Waals surface area (Å²) in [6.45, 7) is 10.7. The second kappa shape index (κ2) is 10.3. The molecule has 2 aromatic carbocycles. The van der Waals surface area contributed by atoms with E-state index >= 15 is 0 Å². The zero-order valence-electron chi connectivity index (χ0n) is 17.8. The summed E-state index contributed by atoms with van der Waals surface area (Å²) in [5.41, 5.74) is 4.06. The lowest BCUT2D eigenvalue weighted by Gasteiger charge is -2.11.